The first-order valence-corrected chi connectivity index (χ1v) is 11.0. The molecule has 0 amide bonds. The number of aromatic nitrogens is 3. The van der Waals surface area contributed by atoms with Crippen LogP contribution in [0, 0.1) is 0 Å². The van der Waals surface area contributed by atoms with Crippen LogP contribution in [0.25, 0.3) is 0 Å². The second kappa shape index (κ2) is 8.61. The Hall–Kier alpha value is -3.28. The topological polar surface area (TPSA) is 138 Å². The maximum Gasteiger partial charge on any atom is 0.238 e. The van der Waals surface area contributed by atoms with Gasteiger partial charge in [-0.1, -0.05) is 18.2 Å². The molecule has 30 heavy (non-hydrogen) atoms. The molecule has 0 atom stereocenters. The molecule has 1 aromatic heterocycles. The molecule has 0 bridgehead atoms. The van der Waals surface area contributed by atoms with Crippen molar-refractivity contribution in [1.82, 2.24) is 20.3 Å². The lowest BCUT2D eigenvalue weighted by molar-refractivity contribution is 0.579. The van der Waals surface area contributed by atoms with Crippen molar-refractivity contribution in [2.45, 2.75) is 4.90 Å². The molecule has 1 fully saturated rings. The van der Waals surface area contributed by atoms with Crippen LogP contribution in [0.15, 0.2) is 59.5 Å². The van der Waals surface area contributed by atoms with E-state index in [4.69, 9.17) is 5.14 Å². The van der Waals surface area contributed by atoms with Crippen LogP contribution in [0.3, 0.4) is 0 Å². The number of hydrogen-bond donors (Lipinski definition) is 4. The van der Waals surface area contributed by atoms with E-state index in [1.54, 1.807) is 12.1 Å². The third-order valence-electron chi connectivity index (χ3n) is 4.49. The van der Waals surface area contributed by atoms with E-state index >= 15 is 0 Å². The van der Waals surface area contributed by atoms with Crippen molar-refractivity contribution in [3.63, 3.8) is 0 Å². The van der Waals surface area contributed by atoms with Crippen LogP contribution >= 0.6 is 0 Å². The zero-order valence-corrected chi connectivity index (χ0v) is 16.9. The highest BCUT2D eigenvalue weighted by Crippen LogP contribution is 2.21. The molecule has 2 heterocycles. The molecule has 11 heteroatoms. The van der Waals surface area contributed by atoms with Crippen LogP contribution in [0.4, 0.5) is 29.2 Å². The van der Waals surface area contributed by atoms with Gasteiger partial charge in [-0.3, -0.25) is 0 Å². The van der Waals surface area contributed by atoms with Gasteiger partial charge in [0.15, 0.2) is 0 Å². The second-order valence-electron chi connectivity index (χ2n) is 6.71. The maximum atomic E-state index is 11.4. The van der Waals surface area contributed by atoms with Crippen LogP contribution in [-0.4, -0.2) is 49.5 Å². The summed E-state index contributed by atoms with van der Waals surface area (Å²) < 4.78 is 22.9. The quantitative estimate of drug-likeness (QED) is 0.461. The van der Waals surface area contributed by atoms with E-state index in [0.29, 0.717) is 23.5 Å². The average Bonchev–Trinajstić information content (AvgIpc) is 2.75. The molecule has 1 aliphatic rings. The van der Waals surface area contributed by atoms with Gasteiger partial charge in [-0.05, 0) is 36.4 Å². The molecule has 0 radical (unpaired) electrons. The Kier molecular flexibility index (Phi) is 5.74. The minimum atomic E-state index is -3.75. The van der Waals surface area contributed by atoms with Gasteiger partial charge in [0.25, 0.3) is 0 Å². The molecular weight excluding hydrogens is 404 g/mol. The second-order valence-corrected chi connectivity index (χ2v) is 8.27. The zero-order chi connectivity index (χ0) is 21.0. The highest BCUT2D eigenvalue weighted by Gasteiger charge is 2.16. The third-order valence-corrected chi connectivity index (χ3v) is 5.42. The Morgan fingerprint density at radius 3 is 1.97 bits per heavy atom. The van der Waals surface area contributed by atoms with E-state index in [-0.39, 0.29) is 4.90 Å². The maximum absolute atomic E-state index is 11.4. The average molecular weight is 427 g/mol. The fourth-order valence-corrected chi connectivity index (χ4v) is 3.51. The summed E-state index contributed by atoms with van der Waals surface area (Å²) in [4.78, 5) is 15.7. The molecule has 3 aromatic rings. The summed E-state index contributed by atoms with van der Waals surface area (Å²) in [7, 11) is -3.75. The van der Waals surface area contributed by atoms with Gasteiger partial charge in [0.2, 0.25) is 27.9 Å². The molecule has 2 aromatic carbocycles. The van der Waals surface area contributed by atoms with Crippen molar-refractivity contribution in [2.24, 2.45) is 5.14 Å². The summed E-state index contributed by atoms with van der Waals surface area (Å²) in [5.74, 6) is 1.32. The summed E-state index contributed by atoms with van der Waals surface area (Å²) in [6.45, 7) is 3.28. The fraction of sp³-hybridized carbons (Fsp3) is 0.211. The van der Waals surface area contributed by atoms with E-state index < -0.39 is 10.0 Å². The lowest BCUT2D eigenvalue weighted by Crippen LogP contribution is -2.44. The number of piperazine rings is 1. The molecule has 156 valence electrons. The Morgan fingerprint density at radius 2 is 1.40 bits per heavy atom. The summed E-state index contributed by atoms with van der Waals surface area (Å²) >= 11 is 0. The number of benzene rings is 2. The zero-order valence-electron chi connectivity index (χ0n) is 16.1. The Morgan fingerprint density at radius 1 is 0.833 bits per heavy atom. The third kappa shape index (κ3) is 5.00. The highest BCUT2D eigenvalue weighted by atomic mass is 32.2. The molecule has 4 rings (SSSR count). The monoisotopic (exact) mass is 426 g/mol. The molecule has 0 unspecified atom stereocenters. The molecule has 5 N–H and O–H groups in total. The summed E-state index contributed by atoms with van der Waals surface area (Å²) in [6, 6.07) is 15.7. The summed E-state index contributed by atoms with van der Waals surface area (Å²) in [5, 5.41) is 14.8. The van der Waals surface area contributed by atoms with Crippen molar-refractivity contribution in [1.29, 1.82) is 0 Å². The fourth-order valence-electron chi connectivity index (χ4n) is 2.99. The first-order valence-electron chi connectivity index (χ1n) is 9.41. The predicted octanol–water partition coefficient (Wildman–Crippen LogP) is 1.42. The number of rotatable bonds is 6. The predicted molar refractivity (Wildman–Crippen MR) is 116 cm³/mol. The first-order chi connectivity index (χ1) is 14.5. The van der Waals surface area contributed by atoms with E-state index in [9.17, 15) is 8.42 Å². The van der Waals surface area contributed by atoms with Gasteiger partial charge in [0.1, 0.15) is 0 Å². The number of nitrogens with two attached hydrogens (primary N) is 1. The molecule has 0 saturated carbocycles. The van der Waals surface area contributed by atoms with E-state index in [2.05, 4.69) is 35.8 Å². The van der Waals surface area contributed by atoms with Crippen molar-refractivity contribution >= 4 is 39.2 Å². The van der Waals surface area contributed by atoms with Gasteiger partial charge in [-0.15, -0.1) is 0 Å². The van der Waals surface area contributed by atoms with Crippen molar-refractivity contribution in [2.75, 3.05) is 41.7 Å². The molecule has 1 aliphatic heterocycles. The van der Waals surface area contributed by atoms with E-state index in [1.807, 2.05) is 30.3 Å². The number of nitrogens with one attached hydrogen (secondary N) is 3. The Labute approximate surface area is 174 Å². The van der Waals surface area contributed by atoms with Crippen LogP contribution in [0.5, 0.6) is 0 Å². The molecule has 10 nitrogen and oxygen atoms in total. The first kappa shape index (κ1) is 20.0. The van der Waals surface area contributed by atoms with Crippen molar-refractivity contribution < 1.29 is 8.42 Å². The van der Waals surface area contributed by atoms with Gasteiger partial charge in [0, 0.05) is 37.6 Å². The molecule has 0 aliphatic carbocycles. The van der Waals surface area contributed by atoms with Gasteiger partial charge in [-0.25, -0.2) is 13.6 Å². The number of hydrogen-bond acceptors (Lipinski definition) is 9. The SMILES string of the molecule is NS(=O)(=O)c1ccc(Nc2nc(Nc3ccccc3)nc(N3CCNCC3)n2)cc1. The molecular formula is C19H22N8O2S. The minimum absolute atomic E-state index is 0.0386. The van der Waals surface area contributed by atoms with Crippen LogP contribution in [-0.2, 0) is 10.0 Å². The number of primary sulfonamides is 1. The van der Waals surface area contributed by atoms with Gasteiger partial charge in [-0.2, -0.15) is 15.0 Å². The van der Waals surface area contributed by atoms with Crippen LogP contribution in [0.1, 0.15) is 0 Å². The normalized spacial score (nSPS) is 14.4. The van der Waals surface area contributed by atoms with Crippen molar-refractivity contribution in [3.05, 3.63) is 54.6 Å². The van der Waals surface area contributed by atoms with Crippen LogP contribution in [0.2, 0.25) is 0 Å². The summed E-state index contributed by atoms with van der Waals surface area (Å²) in [5.41, 5.74) is 1.49. The summed E-state index contributed by atoms with van der Waals surface area (Å²) in [6.07, 6.45) is 0. The lowest BCUT2D eigenvalue weighted by Gasteiger charge is -2.27. The van der Waals surface area contributed by atoms with E-state index in [1.165, 1.54) is 12.1 Å². The number of para-hydroxylation sites is 1. The molecule has 0 spiro atoms. The number of anilines is 5. The van der Waals surface area contributed by atoms with Crippen LogP contribution < -0.4 is 26.0 Å². The van der Waals surface area contributed by atoms with Gasteiger partial charge >= 0.3 is 0 Å². The van der Waals surface area contributed by atoms with E-state index in [0.717, 1.165) is 31.9 Å². The Bertz CT molecular complexity index is 1100. The van der Waals surface area contributed by atoms with Gasteiger partial charge in [0.05, 0.1) is 4.90 Å². The number of sulfonamides is 1. The van der Waals surface area contributed by atoms with Crippen molar-refractivity contribution in [3.8, 4) is 0 Å². The lowest BCUT2D eigenvalue weighted by atomic mass is 10.3. The minimum Gasteiger partial charge on any atom is -0.338 e. The van der Waals surface area contributed by atoms with Gasteiger partial charge < -0.3 is 20.9 Å². The largest absolute Gasteiger partial charge is 0.338 e. The Balaban J connectivity index is 1.62. The number of nitrogens with zero attached hydrogens (tertiary/aromatic N) is 4. The highest BCUT2D eigenvalue weighted by molar-refractivity contribution is 7.89. The molecule has 1 saturated heterocycles. The smallest absolute Gasteiger partial charge is 0.238 e. The standard InChI is InChI=1S/C19H22N8O2S/c20-30(28,29)16-8-6-15(7-9-16)23-18-24-17(22-14-4-2-1-3-5-14)25-19(26-18)27-12-10-21-11-13-27/h1-9,21H,10-13H2,(H2,20,28,29)(H2,22,23,24,25,26).